The molecule has 1 unspecified atom stereocenters. The van der Waals surface area contributed by atoms with Crippen molar-refractivity contribution in [1.29, 1.82) is 0 Å². The number of nitrogens with one attached hydrogen (secondary N) is 1. The molecule has 0 aliphatic carbocycles. The van der Waals surface area contributed by atoms with E-state index in [9.17, 15) is 17.6 Å². The summed E-state index contributed by atoms with van der Waals surface area (Å²) >= 11 is 3.91. The maximum absolute atomic E-state index is 13.1. The predicted molar refractivity (Wildman–Crippen MR) is 72.8 cm³/mol. The summed E-state index contributed by atoms with van der Waals surface area (Å²) in [7, 11) is -3.09. The average molecular weight is 303 g/mol. The molecular weight excluding hydrogens is 289 g/mol. The largest absolute Gasteiger partial charge is 0.346 e. The lowest BCUT2D eigenvalue weighted by molar-refractivity contribution is 0.0915. The molecule has 1 aromatic rings. The van der Waals surface area contributed by atoms with Crippen molar-refractivity contribution in [2.45, 2.75) is 23.8 Å². The number of hydrogen-bond acceptors (Lipinski definition) is 4. The molecule has 7 heteroatoms. The molecule has 1 fully saturated rings. The Labute approximate surface area is 116 Å². The number of amides is 1. The lowest BCUT2D eigenvalue weighted by Gasteiger charge is -2.23. The molecule has 0 spiro atoms. The molecule has 0 saturated carbocycles. The molecule has 1 aromatic carbocycles. The second kappa shape index (κ2) is 4.79. The molecule has 1 saturated heterocycles. The summed E-state index contributed by atoms with van der Waals surface area (Å²) in [6, 6.07) is 3.82. The van der Waals surface area contributed by atoms with Crippen LogP contribution in [-0.4, -0.2) is 31.4 Å². The number of rotatable bonds is 2. The van der Waals surface area contributed by atoms with Crippen LogP contribution in [0.1, 0.15) is 23.7 Å². The first-order valence-corrected chi connectivity index (χ1v) is 7.99. The molecule has 1 N–H and O–H groups in total. The van der Waals surface area contributed by atoms with E-state index in [0.717, 1.165) is 6.07 Å². The SMILES string of the molecule is CC1(NC(=O)c2ccc(F)c(S)c2)CCS(=O)(=O)C1. The highest BCUT2D eigenvalue weighted by molar-refractivity contribution is 7.91. The summed E-state index contributed by atoms with van der Waals surface area (Å²) in [5.41, 5.74) is -0.502. The summed E-state index contributed by atoms with van der Waals surface area (Å²) in [5.74, 6) is -0.921. The lowest BCUT2D eigenvalue weighted by Crippen LogP contribution is -2.46. The number of benzene rings is 1. The van der Waals surface area contributed by atoms with E-state index in [1.165, 1.54) is 12.1 Å². The van der Waals surface area contributed by atoms with E-state index in [2.05, 4.69) is 17.9 Å². The fourth-order valence-corrected chi connectivity index (χ4v) is 4.42. The van der Waals surface area contributed by atoms with Gasteiger partial charge in [0.1, 0.15) is 5.82 Å². The number of halogens is 1. The molecule has 1 aliphatic rings. The Balaban J connectivity index is 2.15. The maximum Gasteiger partial charge on any atom is 0.251 e. The Hall–Kier alpha value is -1.08. The summed E-state index contributed by atoms with van der Waals surface area (Å²) < 4.78 is 36.0. The molecule has 1 heterocycles. The van der Waals surface area contributed by atoms with Gasteiger partial charge in [0.15, 0.2) is 9.84 Å². The quantitative estimate of drug-likeness (QED) is 0.812. The Kier molecular flexibility index (Phi) is 3.61. The van der Waals surface area contributed by atoms with Crippen molar-refractivity contribution >= 4 is 28.4 Å². The molecule has 19 heavy (non-hydrogen) atoms. The monoisotopic (exact) mass is 303 g/mol. The molecule has 1 amide bonds. The first-order valence-electron chi connectivity index (χ1n) is 5.72. The topological polar surface area (TPSA) is 63.2 Å². The third kappa shape index (κ3) is 3.27. The second-order valence-corrected chi connectivity index (χ2v) is 7.69. The smallest absolute Gasteiger partial charge is 0.251 e. The van der Waals surface area contributed by atoms with Gasteiger partial charge < -0.3 is 5.32 Å². The number of hydrogen-bond donors (Lipinski definition) is 2. The Morgan fingerprint density at radius 3 is 2.68 bits per heavy atom. The van der Waals surface area contributed by atoms with Gasteiger partial charge in [-0.15, -0.1) is 12.6 Å². The van der Waals surface area contributed by atoms with Crippen molar-refractivity contribution in [1.82, 2.24) is 5.32 Å². The van der Waals surface area contributed by atoms with Crippen LogP contribution in [-0.2, 0) is 9.84 Å². The Bertz CT molecular complexity index is 630. The van der Waals surface area contributed by atoms with E-state index in [1.807, 2.05) is 0 Å². The van der Waals surface area contributed by atoms with Gasteiger partial charge in [-0.05, 0) is 31.5 Å². The number of carbonyl (C=O) groups excluding carboxylic acids is 1. The summed E-state index contributed by atoms with van der Waals surface area (Å²) in [5, 5.41) is 2.70. The fourth-order valence-electron chi connectivity index (χ4n) is 2.11. The normalized spacial score (nSPS) is 25.2. The molecule has 104 valence electrons. The molecular formula is C12H14FNO3S2. The highest BCUT2D eigenvalue weighted by Gasteiger charge is 2.39. The van der Waals surface area contributed by atoms with Gasteiger partial charge in [0.05, 0.1) is 17.0 Å². The molecule has 0 radical (unpaired) electrons. The minimum absolute atomic E-state index is 0.0688. The third-order valence-electron chi connectivity index (χ3n) is 3.13. The van der Waals surface area contributed by atoms with Gasteiger partial charge in [0, 0.05) is 10.5 Å². The van der Waals surface area contributed by atoms with Gasteiger partial charge in [-0.1, -0.05) is 0 Å². The van der Waals surface area contributed by atoms with Crippen molar-refractivity contribution in [3.8, 4) is 0 Å². The average Bonchev–Trinajstić information content (AvgIpc) is 2.56. The van der Waals surface area contributed by atoms with E-state index in [1.54, 1.807) is 6.92 Å². The zero-order valence-corrected chi connectivity index (χ0v) is 12.0. The van der Waals surface area contributed by atoms with E-state index < -0.39 is 27.1 Å². The van der Waals surface area contributed by atoms with E-state index in [-0.39, 0.29) is 22.0 Å². The molecule has 2 rings (SSSR count). The van der Waals surface area contributed by atoms with Crippen LogP contribution >= 0.6 is 12.6 Å². The minimum atomic E-state index is -3.09. The number of sulfone groups is 1. The van der Waals surface area contributed by atoms with E-state index in [4.69, 9.17) is 0 Å². The molecule has 4 nitrogen and oxygen atoms in total. The van der Waals surface area contributed by atoms with Gasteiger partial charge in [0.25, 0.3) is 5.91 Å². The van der Waals surface area contributed by atoms with Crippen LogP contribution in [0, 0.1) is 5.82 Å². The van der Waals surface area contributed by atoms with Crippen LogP contribution in [0.15, 0.2) is 23.1 Å². The van der Waals surface area contributed by atoms with Crippen LogP contribution in [0.5, 0.6) is 0 Å². The Morgan fingerprint density at radius 2 is 2.16 bits per heavy atom. The number of carbonyl (C=O) groups is 1. The predicted octanol–water partition coefficient (Wildman–Crippen LogP) is 1.42. The summed E-state index contributed by atoms with van der Waals surface area (Å²) in [6.45, 7) is 1.70. The van der Waals surface area contributed by atoms with Crippen LogP contribution < -0.4 is 5.32 Å². The third-order valence-corrected chi connectivity index (χ3v) is 5.37. The summed E-state index contributed by atoms with van der Waals surface area (Å²) in [6.07, 6.45) is 0.385. The van der Waals surface area contributed by atoms with Crippen LogP contribution in [0.2, 0.25) is 0 Å². The minimum Gasteiger partial charge on any atom is -0.346 e. The van der Waals surface area contributed by atoms with Gasteiger partial charge >= 0.3 is 0 Å². The van der Waals surface area contributed by atoms with E-state index >= 15 is 0 Å². The van der Waals surface area contributed by atoms with Gasteiger partial charge in [-0.25, -0.2) is 12.8 Å². The van der Waals surface area contributed by atoms with Crippen LogP contribution in [0.3, 0.4) is 0 Å². The van der Waals surface area contributed by atoms with Crippen LogP contribution in [0.4, 0.5) is 4.39 Å². The first-order chi connectivity index (χ1) is 8.71. The summed E-state index contributed by atoms with van der Waals surface area (Å²) in [4.78, 5) is 12.1. The molecule has 1 atom stereocenters. The first kappa shape index (κ1) is 14.3. The zero-order chi connectivity index (χ0) is 14.3. The molecule has 0 bridgehead atoms. The maximum atomic E-state index is 13.1. The zero-order valence-electron chi connectivity index (χ0n) is 10.3. The fraction of sp³-hybridized carbons (Fsp3) is 0.417. The standard InChI is InChI=1S/C12H14FNO3S2/c1-12(4-5-19(16,17)7-12)14-11(15)8-2-3-9(13)10(18)6-8/h2-3,6,18H,4-5,7H2,1H3,(H,14,15). The highest BCUT2D eigenvalue weighted by Crippen LogP contribution is 2.23. The van der Waals surface area contributed by atoms with Crippen molar-refractivity contribution in [2.75, 3.05) is 11.5 Å². The van der Waals surface area contributed by atoms with Gasteiger partial charge in [0.2, 0.25) is 0 Å². The molecule has 0 aromatic heterocycles. The van der Waals surface area contributed by atoms with Crippen molar-refractivity contribution in [2.24, 2.45) is 0 Å². The van der Waals surface area contributed by atoms with Crippen molar-refractivity contribution in [3.05, 3.63) is 29.6 Å². The van der Waals surface area contributed by atoms with Gasteiger partial charge in [-0.3, -0.25) is 4.79 Å². The number of thiol groups is 1. The highest BCUT2D eigenvalue weighted by atomic mass is 32.2. The van der Waals surface area contributed by atoms with Crippen LogP contribution in [0.25, 0.3) is 0 Å². The van der Waals surface area contributed by atoms with Crippen molar-refractivity contribution in [3.63, 3.8) is 0 Å². The van der Waals surface area contributed by atoms with E-state index in [0.29, 0.717) is 6.42 Å². The van der Waals surface area contributed by atoms with Gasteiger partial charge in [-0.2, -0.15) is 0 Å². The molecule has 1 aliphatic heterocycles. The van der Waals surface area contributed by atoms with Crippen molar-refractivity contribution < 1.29 is 17.6 Å². The Morgan fingerprint density at radius 1 is 1.47 bits per heavy atom. The second-order valence-electron chi connectivity index (χ2n) is 5.02. The lowest BCUT2D eigenvalue weighted by atomic mass is 10.0.